The van der Waals surface area contributed by atoms with Gasteiger partial charge in [0.1, 0.15) is 5.82 Å². The fourth-order valence-electron chi connectivity index (χ4n) is 4.99. The summed E-state index contributed by atoms with van der Waals surface area (Å²) in [6.07, 6.45) is 12.6. The van der Waals surface area contributed by atoms with Gasteiger partial charge in [-0.25, -0.2) is 4.98 Å². The Hall–Kier alpha value is -0.830. The monoisotopic (exact) mass is 231 g/mol. The molecule has 3 nitrogen and oxygen atoms in total. The molecule has 1 heterocycles. The molecule has 1 aromatic rings. The van der Waals surface area contributed by atoms with Gasteiger partial charge in [0.25, 0.3) is 0 Å². The maximum Gasteiger partial charge on any atom is 0.120 e. The molecule has 0 atom stereocenters. The maximum absolute atomic E-state index is 4.32. The zero-order valence-corrected chi connectivity index (χ0v) is 10.3. The predicted octanol–water partition coefficient (Wildman–Crippen LogP) is 2.47. The number of nitrogens with one attached hydrogen (secondary N) is 2. The Morgan fingerprint density at radius 2 is 1.82 bits per heavy atom. The van der Waals surface area contributed by atoms with Gasteiger partial charge in [-0.15, -0.1) is 0 Å². The Morgan fingerprint density at radius 1 is 1.18 bits per heavy atom. The molecule has 4 aliphatic carbocycles. The zero-order valence-electron chi connectivity index (χ0n) is 10.3. The third kappa shape index (κ3) is 1.71. The second-order valence-electron chi connectivity index (χ2n) is 6.59. The van der Waals surface area contributed by atoms with Gasteiger partial charge in [0.15, 0.2) is 0 Å². The van der Waals surface area contributed by atoms with Gasteiger partial charge in [-0.2, -0.15) is 0 Å². The Balaban J connectivity index is 1.49. The minimum Gasteiger partial charge on any atom is -0.348 e. The highest BCUT2D eigenvalue weighted by atomic mass is 15.0. The molecule has 2 N–H and O–H groups in total. The SMILES string of the molecule is c1c[nH]c(CNC23CC4CC(CC(C4)C2)C3)n1. The molecule has 3 heteroatoms. The number of nitrogens with zero attached hydrogens (tertiary/aromatic N) is 1. The van der Waals surface area contributed by atoms with Crippen molar-refractivity contribution < 1.29 is 0 Å². The van der Waals surface area contributed by atoms with Crippen LogP contribution in [0.1, 0.15) is 44.3 Å². The number of hydrogen-bond acceptors (Lipinski definition) is 2. The van der Waals surface area contributed by atoms with Crippen LogP contribution in [0.25, 0.3) is 0 Å². The summed E-state index contributed by atoms with van der Waals surface area (Å²) in [5.41, 5.74) is 0.460. The topological polar surface area (TPSA) is 40.7 Å². The molecule has 0 radical (unpaired) electrons. The van der Waals surface area contributed by atoms with Crippen LogP contribution in [-0.2, 0) is 6.54 Å². The molecule has 0 amide bonds. The molecule has 17 heavy (non-hydrogen) atoms. The van der Waals surface area contributed by atoms with E-state index in [1.807, 2.05) is 12.4 Å². The standard InChI is InChI=1S/C14H21N3/c1-2-16-13(15-1)9-17-14-6-10-3-11(7-14)5-12(4-10)8-14/h1-2,10-12,17H,3-9H2,(H,15,16). The summed E-state index contributed by atoms with van der Waals surface area (Å²) in [5.74, 6) is 4.14. The lowest BCUT2D eigenvalue weighted by molar-refractivity contribution is -0.0208. The van der Waals surface area contributed by atoms with E-state index in [-0.39, 0.29) is 0 Å². The maximum atomic E-state index is 4.32. The summed E-state index contributed by atoms with van der Waals surface area (Å²) in [5, 5.41) is 3.84. The lowest BCUT2D eigenvalue weighted by Crippen LogP contribution is -2.58. The van der Waals surface area contributed by atoms with Crippen LogP contribution in [0.2, 0.25) is 0 Å². The van der Waals surface area contributed by atoms with E-state index in [2.05, 4.69) is 15.3 Å². The normalized spacial score (nSPS) is 43.2. The average Bonchev–Trinajstić information content (AvgIpc) is 2.77. The minimum absolute atomic E-state index is 0.460. The van der Waals surface area contributed by atoms with Crippen LogP contribution in [0.3, 0.4) is 0 Å². The van der Waals surface area contributed by atoms with E-state index in [4.69, 9.17) is 0 Å². The molecule has 1 aromatic heterocycles. The third-order valence-electron chi connectivity index (χ3n) is 5.22. The van der Waals surface area contributed by atoms with Crippen molar-refractivity contribution in [1.29, 1.82) is 0 Å². The summed E-state index contributed by atoms with van der Waals surface area (Å²) in [7, 11) is 0. The molecule has 0 saturated heterocycles. The Kier molecular flexibility index (Phi) is 2.13. The van der Waals surface area contributed by atoms with Crippen LogP contribution in [-0.4, -0.2) is 15.5 Å². The molecular weight excluding hydrogens is 210 g/mol. The van der Waals surface area contributed by atoms with Gasteiger partial charge < -0.3 is 10.3 Å². The van der Waals surface area contributed by atoms with Crippen LogP contribution in [0.15, 0.2) is 12.4 Å². The quantitative estimate of drug-likeness (QED) is 0.839. The molecule has 4 saturated carbocycles. The van der Waals surface area contributed by atoms with Crippen molar-refractivity contribution in [2.45, 2.75) is 50.6 Å². The minimum atomic E-state index is 0.460. The highest BCUT2D eigenvalue weighted by Gasteiger charge is 2.50. The third-order valence-corrected chi connectivity index (χ3v) is 5.22. The summed E-state index contributed by atoms with van der Waals surface area (Å²) in [4.78, 5) is 7.51. The Morgan fingerprint density at radius 3 is 2.35 bits per heavy atom. The lowest BCUT2D eigenvalue weighted by atomic mass is 9.53. The van der Waals surface area contributed by atoms with Crippen molar-refractivity contribution in [1.82, 2.24) is 15.3 Å². The van der Waals surface area contributed by atoms with Gasteiger partial charge in [0.05, 0.1) is 6.54 Å². The molecule has 0 aromatic carbocycles. The van der Waals surface area contributed by atoms with Crippen molar-refractivity contribution in [2.24, 2.45) is 17.8 Å². The summed E-state index contributed by atoms with van der Waals surface area (Å²) >= 11 is 0. The fraction of sp³-hybridized carbons (Fsp3) is 0.786. The van der Waals surface area contributed by atoms with E-state index in [9.17, 15) is 0 Å². The average molecular weight is 231 g/mol. The van der Waals surface area contributed by atoms with Crippen LogP contribution < -0.4 is 5.32 Å². The van der Waals surface area contributed by atoms with Crippen molar-refractivity contribution in [3.05, 3.63) is 18.2 Å². The Labute approximate surface area is 102 Å². The van der Waals surface area contributed by atoms with Crippen LogP contribution in [0.4, 0.5) is 0 Å². The zero-order chi connectivity index (χ0) is 11.3. The van der Waals surface area contributed by atoms with Crippen LogP contribution >= 0.6 is 0 Å². The van der Waals surface area contributed by atoms with E-state index in [1.165, 1.54) is 38.5 Å². The van der Waals surface area contributed by atoms with Crippen molar-refractivity contribution in [3.8, 4) is 0 Å². The molecule has 0 aliphatic heterocycles. The van der Waals surface area contributed by atoms with Gasteiger partial charge in [-0.1, -0.05) is 0 Å². The largest absolute Gasteiger partial charge is 0.348 e. The molecule has 4 bridgehead atoms. The molecule has 0 unspecified atom stereocenters. The molecule has 4 aliphatic rings. The van der Waals surface area contributed by atoms with Gasteiger partial charge in [-0.05, 0) is 56.3 Å². The second-order valence-corrected chi connectivity index (χ2v) is 6.59. The smallest absolute Gasteiger partial charge is 0.120 e. The number of aromatic amines is 1. The number of H-pyrrole nitrogens is 1. The van der Waals surface area contributed by atoms with E-state index in [0.717, 1.165) is 30.1 Å². The summed E-state index contributed by atoms with van der Waals surface area (Å²) in [6.45, 7) is 0.916. The van der Waals surface area contributed by atoms with Gasteiger partial charge >= 0.3 is 0 Å². The van der Waals surface area contributed by atoms with E-state index < -0.39 is 0 Å². The summed E-state index contributed by atoms with van der Waals surface area (Å²) in [6, 6.07) is 0. The number of rotatable bonds is 3. The second kappa shape index (κ2) is 3.58. The van der Waals surface area contributed by atoms with Crippen LogP contribution in [0.5, 0.6) is 0 Å². The summed E-state index contributed by atoms with van der Waals surface area (Å²) < 4.78 is 0. The van der Waals surface area contributed by atoms with Gasteiger partial charge in [0, 0.05) is 17.9 Å². The first kappa shape index (κ1) is 10.1. The highest BCUT2D eigenvalue weighted by Crippen LogP contribution is 2.55. The predicted molar refractivity (Wildman–Crippen MR) is 66.3 cm³/mol. The van der Waals surface area contributed by atoms with E-state index in [1.54, 1.807) is 0 Å². The van der Waals surface area contributed by atoms with E-state index >= 15 is 0 Å². The fourth-order valence-corrected chi connectivity index (χ4v) is 4.99. The molecule has 92 valence electrons. The van der Waals surface area contributed by atoms with Crippen molar-refractivity contribution in [3.63, 3.8) is 0 Å². The first-order valence-electron chi connectivity index (χ1n) is 7.05. The number of imidazole rings is 1. The molecular formula is C14H21N3. The van der Waals surface area contributed by atoms with Crippen LogP contribution in [0, 0.1) is 17.8 Å². The molecule has 5 rings (SSSR count). The first-order chi connectivity index (χ1) is 8.31. The lowest BCUT2D eigenvalue weighted by Gasteiger charge is -2.57. The highest BCUT2D eigenvalue weighted by molar-refractivity contribution is 5.07. The van der Waals surface area contributed by atoms with Crippen molar-refractivity contribution >= 4 is 0 Å². The van der Waals surface area contributed by atoms with Gasteiger partial charge in [-0.3, -0.25) is 0 Å². The molecule has 0 spiro atoms. The number of hydrogen-bond donors (Lipinski definition) is 2. The van der Waals surface area contributed by atoms with Crippen molar-refractivity contribution in [2.75, 3.05) is 0 Å². The number of aromatic nitrogens is 2. The first-order valence-corrected chi connectivity index (χ1v) is 7.05. The van der Waals surface area contributed by atoms with E-state index in [0.29, 0.717) is 5.54 Å². The van der Waals surface area contributed by atoms with Gasteiger partial charge in [0.2, 0.25) is 0 Å². The molecule has 4 fully saturated rings. The Bertz CT molecular complexity index is 360.